The van der Waals surface area contributed by atoms with Crippen LogP contribution < -0.4 is 14.8 Å². The molecule has 4 nitrogen and oxygen atoms in total. The molecule has 0 aliphatic rings. The van der Waals surface area contributed by atoms with Gasteiger partial charge in [-0.1, -0.05) is 31.5 Å². The van der Waals surface area contributed by atoms with Gasteiger partial charge in [-0.2, -0.15) is 0 Å². The van der Waals surface area contributed by atoms with Crippen molar-refractivity contribution in [3.8, 4) is 11.5 Å². The number of hydrogen-bond acceptors (Lipinski definition) is 3. The van der Waals surface area contributed by atoms with Crippen molar-refractivity contribution in [3.05, 3.63) is 54.6 Å². The van der Waals surface area contributed by atoms with E-state index < -0.39 is 6.10 Å². The van der Waals surface area contributed by atoms with E-state index in [-0.39, 0.29) is 5.91 Å². The fourth-order valence-electron chi connectivity index (χ4n) is 1.97. The largest absolute Gasteiger partial charge is 0.494 e. The molecule has 0 spiro atoms. The van der Waals surface area contributed by atoms with Gasteiger partial charge in [0.1, 0.15) is 11.5 Å². The lowest BCUT2D eigenvalue weighted by Crippen LogP contribution is -2.30. The summed E-state index contributed by atoms with van der Waals surface area (Å²) in [6.45, 7) is 4.56. The second-order valence-corrected chi connectivity index (χ2v) is 5.29. The highest BCUT2D eigenvalue weighted by molar-refractivity contribution is 5.94. The number of benzene rings is 2. The van der Waals surface area contributed by atoms with Gasteiger partial charge in [0, 0.05) is 5.69 Å². The Hall–Kier alpha value is -2.49. The zero-order chi connectivity index (χ0) is 16.5. The molecule has 0 radical (unpaired) electrons. The van der Waals surface area contributed by atoms with Gasteiger partial charge in [-0.25, -0.2) is 0 Å². The predicted molar refractivity (Wildman–Crippen MR) is 92.0 cm³/mol. The van der Waals surface area contributed by atoms with E-state index in [2.05, 4.69) is 12.2 Å². The van der Waals surface area contributed by atoms with Crippen LogP contribution in [0.15, 0.2) is 54.6 Å². The first kappa shape index (κ1) is 16.9. The zero-order valence-corrected chi connectivity index (χ0v) is 13.6. The van der Waals surface area contributed by atoms with Crippen molar-refractivity contribution in [2.45, 2.75) is 32.8 Å². The molecule has 122 valence electrons. The molecule has 23 heavy (non-hydrogen) atoms. The molecule has 2 aromatic carbocycles. The summed E-state index contributed by atoms with van der Waals surface area (Å²) < 4.78 is 11.2. The van der Waals surface area contributed by atoms with Crippen LogP contribution in [0.4, 0.5) is 5.69 Å². The molecule has 1 unspecified atom stereocenters. The number of rotatable bonds is 8. The van der Waals surface area contributed by atoms with E-state index in [1.54, 1.807) is 6.92 Å². The molecule has 0 saturated carbocycles. The summed E-state index contributed by atoms with van der Waals surface area (Å²) in [5, 5.41) is 2.84. The number of anilines is 1. The maximum Gasteiger partial charge on any atom is 0.265 e. The SMILES string of the molecule is CCCCOc1ccc(NC(=O)C(C)Oc2ccccc2)cc1. The quantitative estimate of drug-likeness (QED) is 0.740. The van der Waals surface area contributed by atoms with E-state index in [4.69, 9.17) is 9.47 Å². The van der Waals surface area contributed by atoms with Gasteiger partial charge in [-0.05, 0) is 49.7 Å². The van der Waals surface area contributed by atoms with E-state index in [0.717, 1.165) is 24.3 Å². The summed E-state index contributed by atoms with van der Waals surface area (Å²) in [4.78, 5) is 12.1. The minimum absolute atomic E-state index is 0.187. The normalized spacial score (nSPS) is 11.6. The number of hydrogen-bond donors (Lipinski definition) is 1. The third-order valence-corrected chi connectivity index (χ3v) is 3.31. The van der Waals surface area contributed by atoms with Crippen LogP contribution >= 0.6 is 0 Å². The highest BCUT2D eigenvalue weighted by Gasteiger charge is 2.14. The third kappa shape index (κ3) is 5.66. The first-order chi connectivity index (χ1) is 11.2. The molecular weight excluding hydrogens is 290 g/mol. The zero-order valence-electron chi connectivity index (χ0n) is 13.6. The summed E-state index contributed by atoms with van der Waals surface area (Å²) in [5.74, 6) is 1.30. The minimum Gasteiger partial charge on any atom is -0.494 e. The molecule has 0 aliphatic heterocycles. The van der Waals surface area contributed by atoms with E-state index in [1.165, 1.54) is 0 Å². The molecule has 1 N–H and O–H groups in total. The maximum atomic E-state index is 12.1. The number of amides is 1. The van der Waals surface area contributed by atoms with Crippen LogP contribution in [0.25, 0.3) is 0 Å². The molecule has 2 rings (SSSR count). The van der Waals surface area contributed by atoms with Gasteiger partial charge in [-0.3, -0.25) is 4.79 Å². The van der Waals surface area contributed by atoms with Crippen LogP contribution in [-0.4, -0.2) is 18.6 Å². The number of unbranched alkanes of at least 4 members (excludes halogenated alkanes) is 1. The van der Waals surface area contributed by atoms with Crippen LogP contribution in [-0.2, 0) is 4.79 Å². The predicted octanol–water partition coefficient (Wildman–Crippen LogP) is 4.27. The second kappa shape index (κ2) is 8.83. The number of ether oxygens (including phenoxy) is 2. The van der Waals surface area contributed by atoms with Gasteiger partial charge in [0.2, 0.25) is 0 Å². The van der Waals surface area contributed by atoms with Gasteiger partial charge in [0.05, 0.1) is 6.61 Å². The first-order valence-corrected chi connectivity index (χ1v) is 7.94. The highest BCUT2D eigenvalue weighted by Crippen LogP contribution is 2.17. The Morgan fingerprint density at radius 2 is 1.74 bits per heavy atom. The van der Waals surface area contributed by atoms with Crippen LogP contribution in [0.1, 0.15) is 26.7 Å². The van der Waals surface area contributed by atoms with E-state index in [0.29, 0.717) is 12.4 Å². The fraction of sp³-hybridized carbons (Fsp3) is 0.316. The molecule has 1 amide bonds. The summed E-state index contributed by atoms with van der Waals surface area (Å²) >= 11 is 0. The molecule has 4 heteroatoms. The number of para-hydroxylation sites is 1. The standard InChI is InChI=1S/C19H23NO3/c1-3-4-14-22-17-12-10-16(11-13-17)20-19(21)15(2)23-18-8-6-5-7-9-18/h5-13,15H,3-4,14H2,1-2H3,(H,20,21). The maximum absolute atomic E-state index is 12.1. The topological polar surface area (TPSA) is 47.6 Å². The van der Waals surface area contributed by atoms with Crippen molar-refractivity contribution in [1.82, 2.24) is 0 Å². The Labute approximate surface area is 137 Å². The molecule has 0 heterocycles. The summed E-state index contributed by atoms with van der Waals surface area (Å²) in [5.41, 5.74) is 0.723. The first-order valence-electron chi connectivity index (χ1n) is 7.94. The molecule has 1 atom stereocenters. The van der Waals surface area contributed by atoms with E-state index >= 15 is 0 Å². The Bertz CT molecular complexity index is 596. The van der Waals surface area contributed by atoms with Crippen LogP contribution in [0.2, 0.25) is 0 Å². The van der Waals surface area contributed by atoms with E-state index in [9.17, 15) is 4.79 Å². The van der Waals surface area contributed by atoms with Crippen molar-refractivity contribution in [3.63, 3.8) is 0 Å². The molecular formula is C19H23NO3. The Morgan fingerprint density at radius 1 is 1.04 bits per heavy atom. The lowest BCUT2D eigenvalue weighted by Gasteiger charge is -2.15. The highest BCUT2D eigenvalue weighted by atomic mass is 16.5. The lowest BCUT2D eigenvalue weighted by molar-refractivity contribution is -0.122. The van der Waals surface area contributed by atoms with Crippen LogP contribution in [0.5, 0.6) is 11.5 Å². The van der Waals surface area contributed by atoms with Crippen molar-refractivity contribution < 1.29 is 14.3 Å². The number of carbonyl (C=O) groups excluding carboxylic acids is 1. The van der Waals surface area contributed by atoms with Gasteiger partial charge >= 0.3 is 0 Å². The Morgan fingerprint density at radius 3 is 2.39 bits per heavy atom. The smallest absolute Gasteiger partial charge is 0.265 e. The molecule has 0 aromatic heterocycles. The van der Waals surface area contributed by atoms with Gasteiger partial charge in [0.15, 0.2) is 6.10 Å². The van der Waals surface area contributed by atoms with Crippen molar-refractivity contribution in [2.24, 2.45) is 0 Å². The van der Waals surface area contributed by atoms with Crippen molar-refractivity contribution >= 4 is 11.6 Å². The average molecular weight is 313 g/mol. The number of nitrogens with one attached hydrogen (secondary N) is 1. The second-order valence-electron chi connectivity index (χ2n) is 5.29. The van der Waals surface area contributed by atoms with Gasteiger partial charge < -0.3 is 14.8 Å². The van der Waals surface area contributed by atoms with Crippen molar-refractivity contribution in [2.75, 3.05) is 11.9 Å². The van der Waals surface area contributed by atoms with Crippen molar-refractivity contribution in [1.29, 1.82) is 0 Å². The molecule has 2 aromatic rings. The summed E-state index contributed by atoms with van der Waals surface area (Å²) in [6.07, 6.45) is 1.57. The fourth-order valence-corrected chi connectivity index (χ4v) is 1.97. The van der Waals surface area contributed by atoms with Crippen LogP contribution in [0, 0.1) is 0 Å². The molecule has 0 aliphatic carbocycles. The van der Waals surface area contributed by atoms with Gasteiger partial charge in [-0.15, -0.1) is 0 Å². The Kier molecular flexibility index (Phi) is 6.48. The molecule has 0 saturated heterocycles. The minimum atomic E-state index is -0.571. The van der Waals surface area contributed by atoms with Gasteiger partial charge in [0.25, 0.3) is 5.91 Å². The average Bonchev–Trinajstić information content (AvgIpc) is 2.57. The molecule has 0 bridgehead atoms. The number of carbonyl (C=O) groups is 1. The summed E-state index contributed by atoms with van der Waals surface area (Å²) in [7, 11) is 0. The summed E-state index contributed by atoms with van der Waals surface area (Å²) in [6, 6.07) is 16.7. The third-order valence-electron chi connectivity index (χ3n) is 3.31. The lowest BCUT2D eigenvalue weighted by atomic mass is 10.2. The Balaban J connectivity index is 1.84. The monoisotopic (exact) mass is 313 g/mol. The molecule has 0 fully saturated rings. The van der Waals surface area contributed by atoms with E-state index in [1.807, 2.05) is 54.6 Å². The van der Waals surface area contributed by atoms with Crippen LogP contribution in [0.3, 0.4) is 0 Å².